The Balaban J connectivity index is 1.84. The van der Waals surface area contributed by atoms with E-state index in [4.69, 9.17) is 0 Å². The lowest BCUT2D eigenvalue weighted by Crippen LogP contribution is -2.56. The number of likely N-dealkylation sites (N-methyl/N-ethyl adjacent to an activating group) is 1. The van der Waals surface area contributed by atoms with Gasteiger partial charge in [-0.25, -0.2) is 0 Å². The van der Waals surface area contributed by atoms with E-state index in [9.17, 15) is 0 Å². The molecule has 0 saturated heterocycles. The maximum atomic E-state index is 3.75. The monoisotopic (exact) mass is 285 g/mol. The van der Waals surface area contributed by atoms with Gasteiger partial charge in [-0.15, -0.1) is 0 Å². The van der Waals surface area contributed by atoms with Gasteiger partial charge in [0.15, 0.2) is 0 Å². The lowest BCUT2D eigenvalue weighted by Gasteiger charge is -2.52. The van der Waals surface area contributed by atoms with Gasteiger partial charge in [0.1, 0.15) is 0 Å². The molecule has 1 nitrogen and oxygen atoms in total. The Hall–Kier alpha value is -0.820. The number of nitrogens with one attached hydrogen (secondary N) is 1. The first-order valence-electron chi connectivity index (χ1n) is 8.90. The molecule has 1 heteroatoms. The van der Waals surface area contributed by atoms with Crippen molar-refractivity contribution in [3.05, 3.63) is 35.9 Å². The Morgan fingerprint density at radius 3 is 2.29 bits per heavy atom. The molecule has 3 rings (SSSR count). The summed E-state index contributed by atoms with van der Waals surface area (Å²) < 4.78 is 0. The Labute approximate surface area is 130 Å². The van der Waals surface area contributed by atoms with Crippen LogP contribution in [0.15, 0.2) is 30.3 Å². The van der Waals surface area contributed by atoms with Gasteiger partial charge >= 0.3 is 0 Å². The SMILES string of the molecule is CNC(C1CCC(C)C(C)C1)C1(c2ccccc2)CCC1. The van der Waals surface area contributed by atoms with E-state index in [1.54, 1.807) is 5.56 Å². The molecule has 0 bridgehead atoms. The van der Waals surface area contributed by atoms with E-state index in [1.807, 2.05) is 0 Å². The number of hydrogen-bond acceptors (Lipinski definition) is 1. The van der Waals surface area contributed by atoms with Crippen molar-refractivity contribution in [3.63, 3.8) is 0 Å². The van der Waals surface area contributed by atoms with Gasteiger partial charge in [-0.1, -0.05) is 57.0 Å². The van der Waals surface area contributed by atoms with Crippen LogP contribution < -0.4 is 5.32 Å². The van der Waals surface area contributed by atoms with Crippen LogP contribution in [-0.2, 0) is 5.41 Å². The zero-order chi connectivity index (χ0) is 14.9. The van der Waals surface area contributed by atoms with Crippen molar-refractivity contribution >= 4 is 0 Å². The van der Waals surface area contributed by atoms with Crippen LogP contribution in [0.2, 0.25) is 0 Å². The highest BCUT2D eigenvalue weighted by Gasteiger charge is 2.48. The molecule has 0 heterocycles. The van der Waals surface area contributed by atoms with Gasteiger partial charge in [0.25, 0.3) is 0 Å². The summed E-state index contributed by atoms with van der Waals surface area (Å²) in [7, 11) is 2.19. The van der Waals surface area contributed by atoms with Crippen LogP contribution in [0, 0.1) is 17.8 Å². The van der Waals surface area contributed by atoms with Crippen LogP contribution in [0.3, 0.4) is 0 Å². The molecule has 0 amide bonds. The Morgan fingerprint density at radius 1 is 1.05 bits per heavy atom. The smallest absolute Gasteiger partial charge is 0.0189 e. The highest BCUT2D eigenvalue weighted by Crippen LogP contribution is 2.51. The minimum atomic E-state index is 0.404. The van der Waals surface area contributed by atoms with Crippen molar-refractivity contribution in [2.24, 2.45) is 17.8 Å². The zero-order valence-corrected chi connectivity index (χ0v) is 13.9. The Bertz CT molecular complexity index is 448. The van der Waals surface area contributed by atoms with Crippen LogP contribution >= 0.6 is 0 Å². The van der Waals surface area contributed by atoms with Crippen LogP contribution in [0.1, 0.15) is 57.9 Å². The molecule has 0 aromatic heterocycles. The van der Waals surface area contributed by atoms with Crippen molar-refractivity contribution < 1.29 is 0 Å². The first-order chi connectivity index (χ1) is 10.2. The third kappa shape index (κ3) is 2.65. The molecular weight excluding hydrogens is 254 g/mol. The molecule has 116 valence electrons. The fourth-order valence-corrected chi connectivity index (χ4v) is 4.96. The third-order valence-corrected chi connectivity index (χ3v) is 6.61. The molecule has 2 fully saturated rings. The summed E-state index contributed by atoms with van der Waals surface area (Å²) in [5.41, 5.74) is 1.97. The maximum absolute atomic E-state index is 3.75. The molecule has 2 aliphatic carbocycles. The lowest BCUT2D eigenvalue weighted by molar-refractivity contribution is 0.0833. The quantitative estimate of drug-likeness (QED) is 0.840. The van der Waals surface area contributed by atoms with Gasteiger partial charge in [0, 0.05) is 11.5 Å². The van der Waals surface area contributed by atoms with Gasteiger partial charge in [0.05, 0.1) is 0 Å². The van der Waals surface area contributed by atoms with E-state index in [2.05, 4.69) is 56.5 Å². The van der Waals surface area contributed by atoms with E-state index in [0.717, 1.165) is 17.8 Å². The number of rotatable bonds is 4. The van der Waals surface area contributed by atoms with Crippen molar-refractivity contribution in [2.75, 3.05) is 7.05 Å². The van der Waals surface area contributed by atoms with Crippen LogP contribution in [0.25, 0.3) is 0 Å². The lowest BCUT2D eigenvalue weighted by atomic mass is 9.55. The summed E-state index contributed by atoms with van der Waals surface area (Å²) >= 11 is 0. The fourth-order valence-electron chi connectivity index (χ4n) is 4.96. The highest BCUT2D eigenvalue weighted by atomic mass is 14.9. The van der Waals surface area contributed by atoms with Gasteiger partial charge in [-0.3, -0.25) is 0 Å². The molecule has 4 atom stereocenters. The molecule has 1 aromatic rings. The maximum Gasteiger partial charge on any atom is 0.0189 e. The summed E-state index contributed by atoms with van der Waals surface area (Å²) in [6, 6.07) is 12.0. The summed E-state index contributed by atoms with van der Waals surface area (Å²) in [5.74, 6) is 2.64. The fraction of sp³-hybridized carbons (Fsp3) is 0.700. The predicted molar refractivity (Wildman–Crippen MR) is 90.5 cm³/mol. The average Bonchev–Trinajstić information content (AvgIpc) is 2.47. The van der Waals surface area contributed by atoms with Gasteiger partial charge < -0.3 is 5.32 Å². The Kier molecular flexibility index (Phi) is 4.40. The van der Waals surface area contributed by atoms with Crippen LogP contribution in [-0.4, -0.2) is 13.1 Å². The summed E-state index contributed by atoms with van der Waals surface area (Å²) in [5, 5.41) is 3.75. The standard InChI is InChI=1S/C20H31N/c1-15-10-11-17(14-16(15)2)19(21-3)20(12-7-13-20)18-8-5-4-6-9-18/h4-6,8-9,15-17,19,21H,7,10-14H2,1-3H3. The number of benzene rings is 1. The van der Waals surface area contributed by atoms with E-state index < -0.39 is 0 Å². The first kappa shape index (κ1) is 15.1. The normalized spacial score (nSPS) is 33.2. The second-order valence-corrected chi connectivity index (χ2v) is 7.67. The minimum absolute atomic E-state index is 0.404. The molecule has 4 unspecified atom stereocenters. The van der Waals surface area contributed by atoms with Gasteiger partial charge in [-0.2, -0.15) is 0 Å². The largest absolute Gasteiger partial charge is 0.316 e. The summed E-state index contributed by atoms with van der Waals surface area (Å²) in [6.07, 6.45) is 8.35. The molecule has 21 heavy (non-hydrogen) atoms. The molecule has 1 N–H and O–H groups in total. The van der Waals surface area contributed by atoms with E-state index in [-0.39, 0.29) is 0 Å². The first-order valence-corrected chi connectivity index (χ1v) is 8.90. The molecule has 0 radical (unpaired) electrons. The summed E-state index contributed by atoms with van der Waals surface area (Å²) in [4.78, 5) is 0. The van der Waals surface area contributed by atoms with Crippen molar-refractivity contribution in [1.29, 1.82) is 0 Å². The molecular formula is C20H31N. The summed E-state index contributed by atoms with van der Waals surface area (Å²) in [6.45, 7) is 4.89. The van der Waals surface area contributed by atoms with Crippen molar-refractivity contribution in [2.45, 2.75) is 63.8 Å². The second kappa shape index (κ2) is 6.12. The van der Waals surface area contributed by atoms with Crippen LogP contribution in [0.4, 0.5) is 0 Å². The zero-order valence-electron chi connectivity index (χ0n) is 13.9. The van der Waals surface area contributed by atoms with Gasteiger partial charge in [-0.05, 0) is 56.0 Å². The van der Waals surface area contributed by atoms with E-state index in [0.29, 0.717) is 11.5 Å². The van der Waals surface area contributed by atoms with Crippen molar-refractivity contribution in [1.82, 2.24) is 5.32 Å². The van der Waals surface area contributed by atoms with E-state index in [1.165, 1.54) is 38.5 Å². The minimum Gasteiger partial charge on any atom is -0.316 e. The molecule has 1 aromatic carbocycles. The molecule has 2 saturated carbocycles. The Morgan fingerprint density at radius 2 is 1.76 bits per heavy atom. The molecule has 0 spiro atoms. The number of hydrogen-bond donors (Lipinski definition) is 1. The third-order valence-electron chi connectivity index (χ3n) is 6.61. The second-order valence-electron chi connectivity index (χ2n) is 7.67. The molecule has 2 aliphatic rings. The highest BCUT2D eigenvalue weighted by molar-refractivity contribution is 5.31. The van der Waals surface area contributed by atoms with E-state index >= 15 is 0 Å². The van der Waals surface area contributed by atoms with Crippen LogP contribution in [0.5, 0.6) is 0 Å². The molecule has 0 aliphatic heterocycles. The average molecular weight is 285 g/mol. The van der Waals surface area contributed by atoms with Crippen molar-refractivity contribution in [3.8, 4) is 0 Å². The topological polar surface area (TPSA) is 12.0 Å². The van der Waals surface area contributed by atoms with Gasteiger partial charge in [0.2, 0.25) is 0 Å². The predicted octanol–water partition coefficient (Wildman–Crippen LogP) is 4.77.